The Hall–Kier alpha value is -1.99. The number of nitrogens with zero attached hydrogens (tertiary/aromatic N) is 1. The lowest BCUT2D eigenvalue weighted by atomic mass is 10.0. The largest absolute Gasteiger partial charge is 0.487 e. The highest BCUT2D eigenvalue weighted by molar-refractivity contribution is 8.02. The van der Waals surface area contributed by atoms with Gasteiger partial charge in [0, 0.05) is 41.5 Å². The Bertz CT molecular complexity index is 705. The fourth-order valence-corrected chi connectivity index (χ4v) is 4.08. The normalized spacial score (nSPS) is 20.0. The van der Waals surface area contributed by atoms with E-state index in [0.717, 1.165) is 18.7 Å². The molecule has 1 fully saturated rings. The maximum atomic E-state index is 12.3. The fourth-order valence-electron chi connectivity index (χ4n) is 3.46. The number of benzene rings is 1. The minimum atomic E-state index is -0.267. The van der Waals surface area contributed by atoms with Crippen LogP contribution in [0.2, 0.25) is 0 Å². The van der Waals surface area contributed by atoms with Gasteiger partial charge in [-0.2, -0.15) is 0 Å². The molecule has 3 rings (SSSR count). The van der Waals surface area contributed by atoms with Crippen molar-refractivity contribution in [3.63, 3.8) is 0 Å². The van der Waals surface area contributed by atoms with E-state index in [-0.39, 0.29) is 11.8 Å². The number of ether oxygens (including phenoxy) is 1. The van der Waals surface area contributed by atoms with Crippen molar-refractivity contribution in [1.82, 2.24) is 10.2 Å². The maximum Gasteiger partial charge on any atom is 0.291 e. The average molecular weight is 404 g/mol. The van der Waals surface area contributed by atoms with Crippen molar-refractivity contribution in [3.05, 3.63) is 41.0 Å². The van der Waals surface area contributed by atoms with Gasteiger partial charge in [0.25, 0.3) is 11.8 Å². The first-order valence-electron chi connectivity index (χ1n) is 10.0. The maximum absolute atomic E-state index is 12.3. The molecule has 0 spiro atoms. The van der Waals surface area contributed by atoms with Gasteiger partial charge in [0.1, 0.15) is 0 Å². The Morgan fingerprint density at radius 1 is 1.21 bits per heavy atom. The van der Waals surface area contributed by atoms with E-state index < -0.39 is 0 Å². The van der Waals surface area contributed by atoms with Gasteiger partial charge in [-0.05, 0) is 57.0 Å². The number of likely N-dealkylation sites (tertiary alicyclic amines) is 1. The molecule has 152 valence electrons. The summed E-state index contributed by atoms with van der Waals surface area (Å²) in [7, 11) is 0. The van der Waals surface area contributed by atoms with Gasteiger partial charge in [-0.3, -0.25) is 9.59 Å². The Labute approximate surface area is 171 Å². The third-order valence-electron chi connectivity index (χ3n) is 5.13. The molecule has 2 aliphatic rings. The van der Waals surface area contributed by atoms with Gasteiger partial charge >= 0.3 is 0 Å². The van der Waals surface area contributed by atoms with Crippen molar-refractivity contribution in [2.75, 3.05) is 37.3 Å². The van der Waals surface area contributed by atoms with Crippen LogP contribution in [-0.4, -0.2) is 54.8 Å². The van der Waals surface area contributed by atoms with Crippen LogP contribution in [0.15, 0.2) is 35.4 Å². The second-order valence-corrected chi connectivity index (χ2v) is 8.20. The van der Waals surface area contributed by atoms with E-state index in [2.05, 4.69) is 22.5 Å². The Kier molecular flexibility index (Phi) is 7.80. The van der Waals surface area contributed by atoms with Gasteiger partial charge in [0.05, 0.1) is 6.61 Å². The van der Waals surface area contributed by atoms with Crippen molar-refractivity contribution in [3.8, 4) is 0 Å². The number of carbonyl (C=O) groups excluding carboxylic acids is 2. The lowest BCUT2D eigenvalue weighted by molar-refractivity contribution is -0.116. The van der Waals surface area contributed by atoms with E-state index in [1.165, 1.54) is 25.8 Å². The van der Waals surface area contributed by atoms with Crippen LogP contribution in [0.3, 0.4) is 0 Å². The highest BCUT2D eigenvalue weighted by Crippen LogP contribution is 2.18. The van der Waals surface area contributed by atoms with Crippen LogP contribution < -0.4 is 10.6 Å². The van der Waals surface area contributed by atoms with Gasteiger partial charge < -0.3 is 20.3 Å². The molecule has 1 saturated heterocycles. The van der Waals surface area contributed by atoms with Crippen molar-refractivity contribution in [1.29, 1.82) is 0 Å². The summed E-state index contributed by atoms with van der Waals surface area (Å²) in [5, 5.41) is 7.50. The van der Waals surface area contributed by atoms with E-state index in [4.69, 9.17) is 4.74 Å². The zero-order valence-electron chi connectivity index (χ0n) is 16.4. The predicted molar refractivity (Wildman–Crippen MR) is 113 cm³/mol. The van der Waals surface area contributed by atoms with E-state index in [0.29, 0.717) is 36.2 Å². The third kappa shape index (κ3) is 6.01. The van der Waals surface area contributed by atoms with Gasteiger partial charge in [-0.25, -0.2) is 0 Å². The smallest absolute Gasteiger partial charge is 0.291 e. The zero-order chi connectivity index (χ0) is 19.8. The van der Waals surface area contributed by atoms with Gasteiger partial charge in [0.15, 0.2) is 5.76 Å². The number of piperidine rings is 1. The Morgan fingerprint density at radius 3 is 2.75 bits per heavy atom. The molecule has 0 aliphatic carbocycles. The third-order valence-corrected chi connectivity index (χ3v) is 5.91. The fraction of sp³-hybridized carbons (Fsp3) is 0.524. The number of carbonyl (C=O) groups is 2. The molecule has 1 aromatic carbocycles. The van der Waals surface area contributed by atoms with Crippen LogP contribution in [0.25, 0.3) is 0 Å². The number of thioether (sulfide) groups is 1. The van der Waals surface area contributed by atoms with Crippen molar-refractivity contribution >= 4 is 29.3 Å². The molecule has 0 radical (unpaired) electrons. The van der Waals surface area contributed by atoms with Crippen LogP contribution in [0.5, 0.6) is 0 Å². The zero-order valence-corrected chi connectivity index (χ0v) is 17.2. The summed E-state index contributed by atoms with van der Waals surface area (Å²) in [5.41, 5.74) is 1.23. The van der Waals surface area contributed by atoms with Crippen molar-refractivity contribution < 1.29 is 14.3 Å². The molecule has 1 aromatic rings. The van der Waals surface area contributed by atoms with E-state index in [1.807, 2.05) is 0 Å². The van der Waals surface area contributed by atoms with Gasteiger partial charge in [0.2, 0.25) is 0 Å². The highest BCUT2D eigenvalue weighted by atomic mass is 32.2. The summed E-state index contributed by atoms with van der Waals surface area (Å²) in [5.74, 6) is 0.842. The van der Waals surface area contributed by atoms with E-state index >= 15 is 0 Å². The molecular weight excluding hydrogens is 374 g/mol. The van der Waals surface area contributed by atoms with Crippen molar-refractivity contribution in [2.24, 2.45) is 0 Å². The van der Waals surface area contributed by atoms with E-state index in [9.17, 15) is 9.59 Å². The molecule has 0 aromatic heterocycles. The number of rotatable bonds is 7. The highest BCUT2D eigenvalue weighted by Gasteiger charge is 2.17. The first kappa shape index (κ1) is 20.7. The summed E-state index contributed by atoms with van der Waals surface area (Å²) in [6.45, 7) is 5.70. The van der Waals surface area contributed by atoms with Crippen LogP contribution in [0.1, 0.15) is 43.0 Å². The number of anilines is 1. The molecule has 6 nitrogen and oxygen atoms in total. The number of amides is 2. The number of hydrogen-bond acceptors (Lipinski definition) is 5. The van der Waals surface area contributed by atoms with Gasteiger partial charge in [-0.1, -0.05) is 6.42 Å². The minimum absolute atomic E-state index is 0.0840. The van der Waals surface area contributed by atoms with E-state index in [1.54, 1.807) is 41.4 Å². The molecule has 2 aliphatic heterocycles. The van der Waals surface area contributed by atoms with Crippen LogP contribution in [0, 0.1) is 0 Å². The molecule has 2 heterocycles. The lowest BCUT2D eigenvalue weighted by Gasteiger charge is -2.33. The molecule has 2 amide bonds. The average Bonchev–Trinajstić information content (AvgIpc) is 2.73. The quantitative estimate of drug-likeness (QED) is 0.684. The number of nitrogens with one attached hydrogen (secondary N) is 2. The molecular formula is C21H29N3O3S. The van der Waals surface area contributed by atoms with Crippen molar-refractivity contribution in [2.45, 2.75) is 38.6 Å². The molecule has 0 unspecified atom stereocenters. The Morgan fingerprint density at radius 2 is 2.04 bits per heavy atom. The summed E-state index contributed by atoms with van der Waals surface area (Å²) in [6, 6.07) is 7.57. The second kappa shape index (κ2) is 10.5. The topological polar surface area (TPSA) is 70.7 Å². The molecule has 1 atom stereocenters. The van der Waals surface area contributed by atoms with Crippen LogP contribution >= 0.6 is 11.8 Å². The summed E-state index contributed by atoms with van der Waals surface area (Å²) >= 11 is 1.56. The first-order chi connectivity index (χ1) is 13.6. The lowest BCUT2D eigenvalue weighted by Crippen LogP contribution is -2.39. The molecule has 2 N–H and O–H groups in total. The number of hydrogen-bond donors (Lipinski definition) is 2. The molecule has 0 saturated carbocycles. The van der Waals surface area contributed by atoms with Crippen LogP contribution in [-0.2, 0) is 9.53 Å². The second-order valence-electron chi connectivity index (χ2n) is 7.22. The predicted octanol–water partition coefficient (Wildman–Crippen LogP) is 3.22. The first-order valence-corrected chi connectivity index (χ1v) is 11.1. The summed E-state index contributed by atoms with van der Waals surface area (Å²) in [4.78, 5) is 26.9. The molecule has 7 heteroatoms. The standard InChI is InChI=1S/C21H29N3O3S/c1-16-5-2-3-11-24(16)12-4-10-22-20(25)17-6-8-18(9-7-17)23-21(26)19-15-28-14-13-27-19/h6-9,15-16H,2-5,10-14H2,1H3,(H,22,25)(H,23,26)/t16-/m1/s1. The minimum Gasteiger partial charge on any atom is -0.487 e. The van der Waals surface area contributed by atoms with Crippen LogP contribution in [0.4, 0.5) is 5.69 Å². The summed E-state index contributed by atoms with van der Waals surface area (Å²) < 4.78 is 5.34. The molecule has 28 heavy (non-hydrogen) atoms. The SMILES string of the molecule is C[C@@H]1CCCCN1CCCNC(=O)c1ccc(NC(=O)C2=CSCCO2)cc1. The Balaban J connectivity index is 1.40. The monoisotopic (exact) mass is 403 g/mol. The molecule has 0 bridgehead atoms. The summed E-state index contributed by atoms with van der Waals surface area (Å²) in [6.07, 6.45) is 4.84. The van der Waals surface area contributed by atoms with Gasteiger partial charge in [-0.15, -0.1) is 11.8 Å².